The molecule has 0 aliphatic carbocycles. The number of aldehydes is 1. The molecule has 0 radical (unpaired) electrons. The molecule has 5 amide bonds. The van der Waals surface area contributed by atoms with Gasteiger partial charge in [-0.25, -0.2) is 9.59 Å². The predicted octanol–water partition coefficient (Wildman–Crippen LogP) is 17.2. The molecule has 5 heterocycles. The summed E-state index contributed by atoms with van der Waals surface area (Å²) in [5.41, 5.74) is 18.7. The van der Waals surface area contributed by atoms with Gasteiger partial charge in [0.2, 0.25) is 17.5 Å². The van der Waals surface area contributed by atoms with Crippen molar-refractivity contribution in [2.24, 2.45) is 5.41 Å². The minimum absolute atomic E-state index is 0. The number of nitrogen functional groups attached to an aromatic ring is 1. The second-order valence-corrected chi connectivity index (χ2v) is 30.5. The fourth-order valence-electron chi connectivity index (χ4n) is 10.7. The number of allylic oxidation sites excluding steroid dienone is 1. The Morgan fingerprint density at radius 1 is 0.554 bits per heavy atom. The van der Waals surface area contributed by atoms with Crippen molar-refractivity contribution in [1.82, 2.24) is 25.6 Å². The fraction of sp³-hybridized carbons (Fsp3) is 0.345. The molecule has 0 atom stereocenters. The van der Waals surface area contributed by atoms with Crippen LogP contribution in [0.3, 0.4) is 0 Å². The maximum atomic E-state index is 13.1. The zero-order valence-corrected chi connectivity index (χ0v) is 70.5. The summed E-state index contributed by atoms with van der Waals surface area (Å²) in [6.45, 7) is 34.6. The van der Waals surface area contributed by atoms with Crippen LogP contribution in [0.4, 0.5) is 32.3 Å². The quantitative estimate of drug-likeness (QED) is 0.0145. The van der Waals surface area contributed by atoms with Gasteiger partial charge in [-0.3, -0.25) is 19.2 Å². The van der Waals surface area contributed by atoms with Gasteiger partial charge in [0.05, 0.1) is 52.0 Å². The number of alkyl halides is 2. The van der Waals surface area contributed by atoms with E-state index >= 15 is 0 Å². The molecule has 0 bridgehead atoms. The van der Waals surface area contributed by atoms with Crippen LogP contribution in [-0.2, 0) is 21.0 Å². The number of carbonyl (C=O) groups excluding carboxylic acids is 6. The van der Waals surface area contributed by atoms with E-state index in [1.165, 1.54) is 37.1 Å². The summed E-state index contributed by atoms with van der Waals surface area (Å²) in [6.07, 6.45) is 4.98. The largest absolute Gasteiger partial charge is 1.00 e. The standard InChI is InChI=1S/C24H25N3O4.C14H17NO2.C13H19NO2.C13H17NO.C10H10N2O3.C8H11NO.C4H9.CH2Cl2.Li/c1-24(2,3)22-16(15-11-14(30-5)7-8-18(15)27-22)12-20-21(28)17-10-13(26-23(29)25-4)6-9-19(17)31-20;1-14(2,3)13-11(8-16)10-7-9(17-4)5-6-12(10)15-13;1-9-8-10(16-5)6-7-11(9)14-12(15)13(2,3)4;1-13(2,3)12-8-9-7-10(15-4)5-6-11(9)14-12;1-11-10(14)12-6-2-3-9-7(4-6)8(13)5-15-9;1-6-5-7(10-2)3-4-8(6)9;1-3-4-2;2-1-3;/h6-12,27H,1-5H3,(H2,25,26,29);5-8,15H,1-4H3;6-8H,1-5H3,(H,14,15);5-8,14H,1-4H3;2-4H,5H2,1H3,(H2,11,12,14);3-5H,9H2,1-2H3;1,3-4H2,2H3;1H2;/q;;;;;;-1;;+1/b20-12-;;;;;;;;. The third-order valence-corrected chi connectivity index (χ3v) is 17.1. The van der Waals surface area contributed by atoms with E-state index in [-0.39, 0.29) is 87.8 Å². The molecule has 2 aliphatic heterocycles. The molecule has 10 aromatic rings. The molecule has 0 saturated carbocycles. The van der Waals surface area contributed by atoms with Crippen LogP contribution in [0.15, 0.2) is 139 Å². The summed E-state index contributed by atoms with van der Waals surface area (Å²) in [5, 5.41) is 16.3. The Labute approximate surface area is 681 Å². The number of aryl methyl sites for hydroxylation is 2. The van der Waals surface area contributed by atoms with Gasteiger partial charge in [-0.15, -0.1) is 23.2 Å². The minimum atomic E-state index is -0.383. The van der Waals surface area contributed by atoms with Gasteiger partial charge in [0.15, 0.2) is 18.7 Å². The number of amides is 5. The number of benzene rings is 7. The van der Waals surface area contributed by atoms with Crippen LogP contribution in [0.5, 0.6) is 40.2 Å². The molecule has 0 unspecified atom stereocenters. The van der Waals surface area contributed by atoms with Gasteiger partial charge < -0.3 is 87.4 Å². The number of rotatable bonds is 11. The van der Waals surface area contributed by atoms with Gasteiger partial charge in [-0.05, 0) is 165 Å². The number of fused-ring (bicyclic) bond motifs is 5. The third kappa shape index (κ3) is 26.6. The van der Waals surface area contributed by atoms with Crippen molar-refractivity contribution in [3.05, 3.63) is 197 Å². The first kappa shape index (κ1) is 93.9. The monoisotopic (exact) mass is 1570 g/mol. The summed E-state index contributed by atoms with van der Waals surface area (Å²) >= 11 is 9.53. The van der Waals surface area contributed by atoms with Crippen molar-refractivity contribution in [3.8, 4) is 40.2 Å². The summed E-state index contributed by atoms with van der Waals surface area (Å²) in [7, 11) is 11.3. The maximum Gasteiger partial charge on any atom is 1.00 e. The number of H-pyrrole nitrogens is 3. The topological polar surface area (TPSA) is 301 Å². The van der Waals surface area contributed by atoms with Crippen molar-refractivity contribution < 1.29 is 80.8 Å². The van der Waals surface area contributed by atoms with Gasteiger partial charge in [-0.2, -0.15) is 6.42 Å². The molecule has 0 fully saturated rings. The number of ether oxygens (including phenoxy) is 7. The number of hydrogen-bond donors (Lipinski definition) is 9. The zero-order valence-electron chi connectivity index (χ0n) is 69.0. The number of urea groups is 2. The van der Waals surface area contributed by atoms with E-state index in [9.17, 15) is 28.8 Å². The summed E-state index contributed by atoms with van der Waals surface area (Å²) in [6, 6.07) is 40.3. The molecule has 2 aliphatic rings. The van der Waals surface area contributed by atoms with Crippen LogP contribution >= 0.6 is 23.2 Å². The molecule has 10 N–H and O–H groups in total. The number of methoxy groups -OCH3 is 5. The number of ketones is 2. The van der Waals surface area contributed by atoms with E-state index in [1.807, 2.05) is 113 Å². The van der Waals surface area contributed by atoms with Crippen molar-refractivity contribution in [3.63, 3.8) is 0 Å². The average molecular weight is 1570 g/mol. The summed E-state index contributed by atoms with van der Waals surface area (Å²) in [4.78, 5) is 80.3. The molecule has 7 aromatic carbocycles. The zero-order chi connectivity index (χ0) is 82.9. The molecule has 0 saturated heterocycles. The Morgan fingerprint density at radius 3 is 1.44 bits per heavy atom. The van der Waals surface area contributed by atoms with E-state index in [4.69, 9.17) is 62.1 Å². The Morgan fingerprint density at radius 2 is 0.991 bits per heavy atom. The smallest absolute Gasteiger partial charge is 0.497 e. The molecular formula is C87H110Cl2LiN9O13. The van der Waals surface area contributed by atoms with Gasteiger partial charge in [0, 0.05) is 119 Å². The number of nitrogens with two attached hydrogens (primary N) is 1. The van der Waals surface area contributed by atoms with Gasteiger partial charge in [0.25, 0.3) is 0 Å². The van der Waals surface area contributed by atoms with Crippen molar-refractivity contribution in [2.45, 2.75) is 133 Å². The van der Waals surface area contributed by atoms with Crippen LogP contribution in [0.25, 0.3) is 38.8 Å². The van der Waals surface area contributed by atoms with E-state index in [2.05, 4.69) is 136 Å². The fourth-order valence-corrected chi connectivity index (χ4v) is 10.7. The molecule has 112 heavy (non-hydrogen) atoms. The molecular weight excluding hydrogens is 1460 g/mol. The van der Waals surface area contributed by atoms with Crippen LogP contribution in [0.1, 0.15) is 168 Å². The number of hydrogen-bond acceptors (Lipinski definition) is 14. The van der Waals surface area contributed by atoms with E-state index in [1.54, 1.807) is 78.0 Å². The molecule has 25 heteroatoms. The van der Waals surface area contributed by atoms with E-state index in [0.717, 1.165) is 108 Å². The van der Waals surface area contributed by atoms with Gasteiger partial charge in [0.1, 0.15) is 40.2 Å². The maximum absolute atomic E-state index is 13.1. The van der Waals surface area contributed by atoms with Crippen LogP contribution in [-0.4, -0.2) is 112 Å². The number of Topliss-reactive ketones (excluding diaryl/α,β-unsaturated/α-hetero) is 2. The summed E-state index contributed by atoms with van der Waals surface area (Å²) < 4.78 is 36.9. The van der Waals surface area contributed by atoms with Crippen LogP contribution < -0.4 is 84.3 Å². The first-order chi connectivity index (χ1) is 52.3. The summed E-state index contributed by atoms with van der Waals surface area (Å²) in [5.74, 6) is 5.05. The molecule has 0 spiro atoms. The van der Waals surface area contributed by atoms with E-state index in [0.29, 0.717) is 34.0 Å². The number of carbonyl (C=O) groups is 6. The Hall–Kier alpha value is -10.5. The molecule has 22 nitrogen and oxygen atoms in total. The second-order valence-electron chi connectivity index (χ2n) is 29.7. The van der Waals surface area contributed by atoms with Gasteiger partial charge >= 0.3 is 30.9 Å². The average Bonchev–Trinajstić information content (AvgIpc) is 1.61. The Kier molecular flexibility index (Phi) is 35.9. The normalized spacial score (nSPS) is 12.0. The van der Waals surface area contributed by atoms with Crippen LogP contribution in [0, 0.1) is 26.2 Å². The minimum Gasteiger partial charge on any atom is -0.497 e. The molecule has 3 aromatic heterocycles. The molecule has 12 rings (SSSR count). The number of nitrogens with one attached hydrogen (secondary N) is 8. The number of anilines is 4. The van der Waals surface area contributed by atoms with E-state index < -0.39 is 0 Å². The third-order valence-electron chi connectivity index (χ3n) is 17.1. The molecule has 596 valence electrons. The van der Waals surface area contributed by atoms with Crippen molar-refractivity contribution in [1.29, 1.82) is 0 Å². The first-order valence-electron chi connectivity index (χ1n) is 36.0. The SMILES string of the molecule is CNC(=O)Nc1ccc2c(c1)C(=O)/C(=C/c1c(C(C)(C)C)[nH]c3ccc(OC)cc13)O2.CNC(=O)Nc1ccc2c(c1)C(=O)CO2.COc1ccc(N)c(C)c1.COc1ccc(NC(=O)C(C)(C)C)c(C)c1.COc1ccc2[nH]c(C(C)(C)C)c(C=O)c2c1.COc1ccc2[nH]c(C(C)(C)C)cc2c1.ClCCl.[CH2-]CCC.[Li+]. The predicted molar refractivity (Wildman–Crippen MR) is 453 cm³/mol. The van der Waals surface area contributed by atoms with Crippen LogP contribution in [0.2, 0.25) is 0 Å². The van der Waals surface area contributed by atoms with Gasteiger partial charge in [-0.1, -0.05) is 96.4 Å². The van der Waals surface area contributed by atoms with Crippen molar-refractivity contribution in [2.75, 3.05) is 83.3 Å². The number of aromatic amines is 3. The number of aromatic nitrogens is 3. The second kappa shape index (κ2) is 42.8. The Balaban J connectivity index is 0.000000287. The Bertz CT molecular complexity index is 4880. The van der Waals surface area contributed by atoms with Crippen molar-refractivity contribution >= 4 is 121 Å². The number of unbranched alkanes of at least 4 members (excludes halogenated alkanes) is 1. The first-order valence-corrected chi connectivity index (χ1v) is 37.0. The number of halogens is 2.